The molecule has 1 aliphatic rings. The van der Waals surface area contributed by atoms with Gasteiger partial charge >= 0.3 is 0 Å². The fourth-order valence-corrected chi connectivity index (χ4v) is 5.23. The maximum Gasteiger partial charge on any atom is 0.223 e. The third kappa shape index (κ3) is 4.94. The third-order valence-corrected chi connectivity index (χ3v) is 7.29. The molecule has 0 bridgehead atoms. The molecule has 1 aliphatic heterocycles. The lowest BCUT2D eigenvalue weighted by Crippen LogP contribution is -2.48. The summed E-state index contributed by atoms with van der Waals surface area (Å²) in [6.45, 7) is 4.60. The van der Waals surface area contributed by atoms with Crippen molar-refractivity contribution < 1.29 is 14.3 Å². The lowest BCUT2D eigenvalue weighted by atomic mass is 10.0. The number of aromatic nitrogens is 2. The SMILES string of the molecule is COc1ccc(C)cc1C(=O)CCC(=O)N1CCN(c2nnc(-c3cccs3)s2)CC1. The van der Waals surface area contributed by atoms with E-state index in [1.54, 1.807) is 35.8 Å². The van der Waals surface area contributed by atoms with Crippen LogP contribution in [0.2, 0.25) is 0 Å². The molecule has 31 heavy (non-hydrogen) atoms. The zero-order chi connectivity index (χ0) is 21.8. The number of carbonyl (C=O) groups is 2. The first-order chi connectivity index (χ1) is 15.0. The number of carbonyl (C=O) groups excluding carboxylic acids is 2. The molecule has 3 aromatic rings. The van der Waals surface area contributed by atoms with Gasteiger partial charge in [0.15, 0.2) is 10.8 Å². The average molecular weight is 457 g/mol. The number of ketones is 1. The van der Waals surface area contributed by atoms with E-state index in [9.17, 15) is 9.59 Å². The van der Waals surface area contributed by atoms with E-state index in [4.69, 9.17) is 4.74 Å². The summed E-state index contributed by atoms with van der Waals surface area (Å²) in [5, 5.41) is 12.5. The normalized spacial score (nSPS) is 14.0. The molecular weight excluding hydrogens is 432 g/mol. The molecule has 2 aromatic heterocycles. The molecule has 7 nitrogen and oxygen atoms in total. The van der Waals surface area contributed by atoms with Crippen LogP contribution in [0.25, 0.3) is 9.88 Å². The van der Waals surface area contributed by atoms with E-state index in [1.807, 2.05) is 41.5 Å². The third-order valence-electron chi connectivity index (χ3n) is 5.27. The van der Waals surface area contributed by atoms with Crippen molar-refractivity contribution in [3.05, 3.63) is 46.8 Å². The molecule has 0 radical (unpaired) electrons. The van der Waals surface area contributed by atoms with Crippen molar-refractivity contribution >= 4 is 39.5 Å². The summed E-state index contributed by atoms with van der Waals surface area (Å²) < 4.78 is 5.29. The highest BCUT2D eigenvalue weighted by atomic mass is 32.1. The van der Waals surface area contributed by atoms with Gasteiger partial charge < -0.3 is 14.5 Å². The highest BCUT2D eigenvalue weighted by Gasteiger charge is 2.24. The van der Waals surface area contributed by atoms with Crippen LogP contribution in [0.3, 0.4) is 0 Å². The summed E-state index contributed by atoms with van der Waals surface area (Å²) in [7, 11) is 1.55. The average Bonchev–Trinajstić information content (AvgIpc) is 3.49. The molecule has 0 N–H and O–H groups in total. The minimum atomic E-state index is -0.0671. The number of methoxy groups -OCH3 is 1. The molecule has 9 heteroatoms. The van der Waals surface area contributed by atoms with Gasteiger partial charge in [0.1, 0.15) is 5.75 Å². The Morgan fingerprint density at radius 1 is 1.10 bits per heavy atom. The summed E-state index contributed by atoms with van der Waals surface area (Å²) >= 11 is 3.23. The van der Waals surface area contributed by atoms with Gasteiger partial charge in [0.05, 0.1) is 17.6 Å². The van der Waals surface area contributed by atoms with E-state index < -0.39 is 0 Å². The molecule has 1 aromatic carbocycles. The molecule has 4 rings (SSSR count). The second-order valence-electron chi connectivity index (χ2n) is 7.36. The first-order valence-corrected chi connectivity index (χ1v) is 11.8. The minimum Gasteiger partial charge on any atom is -0.496 e. The maximum absolute atomic E-state index is 12.7. The Morgan fingerprint density at radius 2 is 1.90 bits per heavy atom. The van der Waals surface area contributed by atoms with Crippen LogP contribution in [0, 0.1) is 6.92 Å². The van der Waals surface area contributed by atoms with Gasteiger partial charge in [-0.15, -0.1) is 21.5 Å². The summed E-state index contributed by atoms with van der Waals surface area (Å²) in [5.74, 6) is 0.495. The van der Waals surface area contributed by atoms with E-state index in [1.165, 1.54) is 0 Å². The van der Waals surface area contributed by atoms with Crippen molar-refractivity contribution in [2.75, 3.05) is 38.2 Å². The van der Waals surface area contributed by atoms with Crippen LogP contribution in [0.15, 0.2) is 35.7 Å². The standard InChI is InChI=1S/C22H24N4O3S2/c1-15-5-7-18(29-2)16(14-15)17(27)6-8-20(28)25-9-11-26(12-10-25)22-24-23-21(31-22)19-4-3-13-30-19/h3-5,7,13-14H,6,8-12H2,1-2H3. The summed E-state index contributed by atoms with van der Waals surface area (Å²) in [4.78, 5) is 30.4. The summed E-state index contributed by atoms with van der Waals surface area (Å²) in [6.07, 6.45) is 0.386. The molecule has 1 amide bonds. The number of thiophene rings is 1. The molecule has 0 saturated carbocycles. The number of Topliss-reactive ketones (excluding diaryl/α,β-unsaturated/α-hetero) is 1. The van der Waals surface area contributed by atoms with Crippen LogP contribution in [-0.4, -0.2) is 60.1 Å². The van der Waals surface area contributed by atoms with Gasteiger partial charge in [0.25, 0.3) is 0 Å². The molecular formula is C22H24N4O3S2. The number of hydrogen-bond acceptors (Lipinski definition) is 8. The molecule has 0 unspecified atom stereocenters. The van der Waals surface area contributed by atoms with Crippen LogP contribution in [0.5, 0.6) is 5.75 Å². The first-order valence-electron chi connectivity index (χ1n) is 10.1. The van der Waals surface area contributed by atoms with Gasteiger partial charge in [0, 0.05) is 39.0 Å². The largest absolute Gasteiger partial charge is 0.496 e. The quantitative estimate of drug-likeness (QED) is 0.502. The van der Waals surface area contributed by atoms with E-state index in [0.717, 1.165) is 20.6 Å². The molecule has 162 valence electrons. The van der Waals surface area contributed by atoms with Gasteiger partial charge in [-0.05, 0) is 30.5 Å². The zero-order valence-electron chi connectivity index (χ0n) is 17.5. The highest BCUT2D eigenvalue weighted by Crippen LogP contribution is 2.32. The zero-order valence-corrected chi connectivity index (χ0v) is 19.2. The van der Waals surface area contributed by atoms with Crippen LogP contribution in [0.1, 0.15) is 28.8 Å². The molecule has 1 fully saturated rings. The topological polar surface area (TPSA) is 75.6 Å². The van der Waals surface area contributed by atoms with Crippen molar-refractivity contribution in [1.82, 2.24) is 15.1 Å². The molecule has 1 saturated heterocycles. The number of aryl methyl sites for hydroxylation is 1. The number of amides is 1. The minimum absolute atomic E-state index is 0.0103. The number of nitrogens with zero attached hydrogens (tertiary/aromatic N) is 4. The van der Waals surface area contributed by atoms with Crippen LogP contribution in [-0.2, 0) is 4.79 Å². The van der Waals surface area contributed by atoms with E-state index in [0.29, 0.717) is 37.5 Å². The monoisotopic (exact) mass is 456 g/mol. The van der Waals surface area contributed by atoms with Crippen molar-refractivity contribution in [3.63, 3.8) is 0 Å². The maximum atomic E-state index is 12.7. The second kappa shape index (κ2) is 9.57. The molecule has 0 atom stereocenters. The lowest BCUT2D eigenvalue weighted by molar-refractivity contribution is -0.131. The number of ether oxygens (including phenoxy) is 1. The van der Waals surface area contributed by atoms with E-state index in [-0.39, 0.29) is 24.5 Å². The van der Waals surface area contributed by atoms with Gasteiger partial charge in [-0.25, -0.2) is 0 Å². The molecule has 0 spiro atoms. The van der Waals surface area contributed by atoms with Crippen molar-refractivity contribution in [3.8, 4) is 15.6 Å². The van der Waals surface area contributed by atoms with Crippen molar-refractivity contribution in [2.24, 2.45) is 0 Å². The van der Waals surface area contributed by atoms with Gasteiger partial charge in [-0.2, -0.15) is 0 Å². The summed E-state index contributed by atoms with van der Waals surface area (Å²) in [5.41, 5.74) is 1.53. The van der Waals surface area contributed by atoms with Gasteiger partial charge in [-0.1, -0.05) is 29.0 Å². The fraction of sp³-hybridized carbons (Fsp3) is 0.364. The van der Waals surface area contributed by atoms with Crippen molar-refractivity contribution in [2.45, 2.75) is 19.8 Å². The van der Waals surface area contributed by atoms with Crippen molar-refractivity contribution in [1.29, 1.82) is 0 Å². The second-order valence-corrected chi connectivity index (χ2v) is 9.27. The Bertz CT molecular complexity index is 1060. The predicted molar refractivity (Wildman–Crippen MR) is 123 cm³/mol. The number of benzene rings is 1. The van der Waals surface area contributed by atoms with Crippen LogP contribution < -0.4 is 9.64 Å². The molecule has 0 aliphatic carbocycles. The Hall–Kier alpha value is -2.78. The van der Waals surface area contributed by atoms with E-state index in [2.05, 4.69) is 15.1 Å². The number of hydrogen-bond donors (Lipinski definition) is 0. The summed E-state index contributed by atoms with van der Waals surface area (Å²) in [6, 6.07) is 9.56. The molecule has 3 heterocycles. The highest BCUT2D eigenvalue weighted by molar-refractivity contribution is 7.22. The number of piperazine rings is 1. The number of anilines is 1. The van der Waals surface area contributed by atoms with E-state index >= 15 is 0 Å². The first kappa shape index (κ1) is 21.5. The lowest BCUT2D eigenvalue weighted by Gasteiger charge is -2.34. The Labute approximate surface area is 189 Å². The Morgan fingerprint density at radius 3 is 2.61 bits per heavy atom. The smallest absolute Gasteiger partial charge is 0.223 e. The number of rotatable bonds is 7. The fourth-order valence-electron chi connectivity index (χ4n) is 3.54. The van der Waals surface area contributed by atoms with Gasteiger partial charge in [0.2, 0.25) is 11.0 Å². The van der Waals surface area contributed by atoms with Crippen LogP contribution in [0.4, 0.5) is 5.13 Å². The Kier molecular flexibility index (Phi) is 6.62. The Balaban J connectivity index is 1.29. The van der Waals surface area contributed by atoms with Gasteiger partial charge in [-0.3, -0.25) is 9.59 Å². The van der Waals surface area contributed by atoms with Crippen LogP contribution >= 0.6 is 22.7 Å². The predicted octanol–water partition coefficient (Wildman–Crippen LogP) is 3.90.